The molecule has 2 atom stereocenters. The van der Waals surface area contributed by atoms with Crippen molar-refractivity contribution in [3.05, 3.63) is 35.4 Å². The fourth-order valence-corrected chi connectivity index (χ4v) is 4.19. The van der Waals surface area contributed by atoms with Gasteiger partial charge in [-0.2, -0.15) is 0 Å². The number of carbonyl (C=O) groups excluding carboxylic acids is 3. The monoisotopic (exact) mass is 464 g/mol. The van der Waals surface area contributed by atoms with Gasteiger partial charge in [-0.3, -0.25) is 14.5 Å². The molecule has 14 heteroatoms. The number of nitrogens with zero attached hydrogens (tertiary/aromatic N) is 2. The third kappa shape index (κ3) is 4.89. The molecular weight excluding hydrogens is 447 g/mol. The maximum absolute atomic E-state index is 12.6. The number of amides is 3. The van der Waals surface area contributed by atoms with Crippen LogP contribution in [-0.2, 0) is 24.0 Å². The molecule has 0 radical (unpaired) electrons. The van der Waals surface area contributed by atoms with Crippen molar-refractivity contribution in [3.8, 4) is 0 Å². The van der Waals surface area contributed by atoms with Crippen LogP contribution in [0.4, 0.5) is 4.79 Å². The van der Waals surface area contributed by atoms with Gasteiger partial charge in [-0.1, -0.05) is 5.16 Å². The number of hydrogen-bond donors (Lipinski definition) is 3. The van der Waals surface area contributed by atoms with Gasteiger partial charge in [-0.25, -0.2) is 9.59 Å². The van der Waals surface area contributed by atoms with E-state index in [1.54, 1.807) is 6.07 Å². The summed E-state index contributed by atoms with van der Waals surface area (Å²) < 4.78 is 9.79. The zero-order chi connectivity index (χ0) is 21.1. The molecule has 12 nitrogen and oxygen atoms in total. The van der Waals surface area contributed by atoms with E-state index >= 15 is 0 Å². The molecule has 0 unspecified atom stereocenters. The van der Waals surface area contributed by atoms with Crippen molar-refractivity contribution in [2.45, 2.75) is 11.4 Å². The molecule has 2 aliphatic heterocycles. The van der Waals surface area contributed by atoms with E-state index in [2.05, 4.69) is 20.0 Å². The van der Waals surface area contributed by atoms with E-state index in [0.29, 0.717) is 0 Å². The largest absolute Gasteiger partial charge is 1.00 e. The minimum Gasteiger partial charge on any atom is -1.00 e. The Morgan fingerprint density at radius 3 is 2.80 bits per heavy atom. The van der Waals surface area contributed by atoms with E-state index in [-0.39, 0.29) is 87.9 Å². The topological polar surface area (TPSA) is 174 Å². The third-order valence-electron chi connectivity index (χ3n) is 4.08. The predicted octanol–water partition coefficient (Wildman–Crippen LogP) is -3.42. The van der Waals surface area contributed by atoms with Gasteiger partial charge < -0.3 is 31.6 Å². The Morgan fingerprint density at radius 1 is 1.50 bits per heavy atom. The number of primary amides is 1. The average Bonchev–Trinajstić information content (AvgIpc) is 3.21. The number of nitrogens with one attached hydrogen (secondary N) is 1. The van der Waals surface area contributed by atoms with Crippen molar-refractivity contribution >= 4 is 41.4 Å². The molecule has 1 aromatic heterocycles. The summed E-state index contributed by atoms with van der Waals surface area (Å²) in [7, 11) is 1.25. The molecule has 3 amide bonds. The second-order valence-corrected chi connectivity index (χ2v) is 6.93. The first-order chi connectivity index (χ1) is 13.8. The summed E-state index contributed by atoms with van der Waals surface area (Å²) in [5.74, 6) is -2.38. The van der Waals surface area contributed by atoms with Crippen LogP contribution in [0.3, 0.4) is 0 Å². The first kappa shape index (κ1) is 24.4. The molecular formula is C16H17KN4O8S. The van der Waals surface area contributed by atoms with E-state index in [1.807, 2.05) is 0 Å². The molecule has 156 valence electrons. The van der Waals surface area contributed by atoms with E-state index in [9.17, 15) is 24.3 Å². The third-order valence-corrected chi connectivity index (χ3v) is 5.42. The van der Waals surface area contributed by atoms with Gasteiger partial charge in [0.15, 0.2) is 5.76 Å². The Labute approximate surface area is 218 Å². The molecule has 1 saturated heterocycles. The van der Waals surface area contributed by atoms with Gasteiger partial charge in [0.25, 0.3) is 11.8 Å². The van der Waals surface area contributed by atoms with Crippen LogP contribution in [0.15, 0.2) is 39.2 Å². The Hall–Kier alpha value is -1.84. The summed E-state index contributed by atoms with van der Waals surface area (Å²) in [6, 6.07) is 2.08. The van der Waals surface area contributed by atoms with Crippen LogP contribution in [0, 0.1) is 0 Å². The number of carboxylic acids is 1. The number of furan rings is 1. The smallest absolute Gasteiger partial charge is 1.00 e. The number of oxime groups is 1. The minimum absolute atomic E-state index is 0. The van der Waals surface area contributed by atoms with Gasteiger partial charge in [0.2, 0.25) is 5.71 Å². The molecule has 3 rings (SSSR count). The summed E-state index contributed by atoms with van der Waals surface area (Å²) in [4.78, 5) is 53.3. The van der Waals surface area contributed by atoms with Gasteiger partial charge in [-0.05, 0) is 12.1 Å². The normalized spacial score (nSPS) is 20.5. The number of β-lactam (4-membered cyclic amide) rings is 1. The Balaban J connectivity index is 0.00000240. The zero-order valence-electron chi connectivity index (χ0n) is 17.0. The summed E-state index contributed by atoms with van der Waals surface area (Å²) in [6.07, 6.45) is 0.290. The first-order valence-electron chi connectivity index (χ1n) is 8.13. The minimum atomic E-state index is -1.35. The number of thioether (sulfide) groups is 1. The fourth-order valence-electron chi connectivity index (χ4n) is 2.87. The zero-order valence-corrected chi connectivity index (χ0v) is 19.9. The van der Waals surface area contributed by atoms with Gasteiger partial charge in [-0.15, -0.1) is 11.8 Å². The summed E-state index contributed by atoms with van der Waals surface area (Å²) in [5, 5.41) is 15.0. The molecule has 3 heterocycles. The van der Waals surface area contributed by atoms with Crippen LogP contribution in [0.5, 0.6) is 0 Å². The molecule has 0 saturated carbocycles. The van der Waals surface area contributed by atoms with E-state index in [4.69, 9.17) is 10.2 Å². The molecule has 30 heavy (non-hydrogen) atoms. The van der Waals surface area contributed by atoms with Crippen LogP contribution in [0.2, 0.25) is 0 Å². The predicted molar refractivity (Wildman–Crippen MR) is 98.6 cm³/mol. The Kier molecular flexibility index (Phi) is 8.51. The molecule has 0 aromatic carbocycles. The van der Waals surface area contributed by atoms with Crippen molar-refractivity contribution in [2.75, 3.05) is 19.5 Å². The van der Waals surface area contributed by atoms with Crippen molar-refractivity contribution in [2.24, 2.45) is 10.9 Å². The first-order valence-corrected chi connectivity index (χ1v) is 9.18. The van der Waals surface area contributed by atoms with Gasteiger partial charge in [0.1, 0.15) is 30.8 Å². The molecule has 2 aliphatic rings. The molecule has 0 spiro atoms. The van der Waals surface area contributed by atoms with E-state index in [1.165, 1.54) is 31.2 Å². The number of ether oxygens (including phenoxy) is 1. The Bertz CT molecular complexity index is 923. The number of carboxylic acid groups (broad SMARTS) is 1. The van der Waals surface area contributed by atoms with E-state index in [0.717, 1.165) is 4.90 Å². The van der Waals surface area contributed by atoms with E-state index < -0.39 is 35.3 Å². The van der Waals surface area contributed by atoms with Crippen LogP contribution in [0.1, 0.15) is 7.19 Å². The van der Waals surface area contributed by atoms with Gasteiger partial charge in [0, 0.05) is 11.3 Å². The second-order valence-electron chi connectivity index (χ2n) is 5.83. The standard InChI is InChI=1S/C16H16N4O8S.K.H/c1-26-19-9(8-3-2-4-27-8)12(21)18-10-13(22)20-11(15(23)24)7(5-28-16(17)25)6-29-14(10)20;;/h2-4,10,14H,5-6H2,1H3,(H2,17,25)(H,18,21)(H,23,24);;/q;+1;-1/b19-9+;;/t10-,14-;;/m1../s1. The quantitative estimate of drug-likeness (QED) is 0.161. The molecule has 0 bridgehead atoms. The molecule has 1 aromatic rings. The molecule has 0 aliphatic carbocycles. The average molecular weight is 464 g/mol. The fraction of sp³-hybridized carbons (Fsp3) is 0.312. The SMILES string of the molecule is CO/N=C(/C(=O)N[C@@H]1C(=O)N2C(C(=O)O)=C(COC(N)=O)CS[C@H]12)c1ccco1.[H-].[K+]. The maximum Gasteiger partial charge on any atom is 1.00 e. The number of fused-ring (bicyclic) bond motifs is 1. The maximum atomic E-state index is 12.6. The van der Waals surface area contributed by atoms with Crippen LogP contribution in [0.25, 0.3) is 0 Å². The van der Waals surface area contributed by atoms with Crippen LogP contribution < -0.4 is 62.4 Å². The van der Waals surface area contributed by atoms with Gasteiger partial charge in [0.05, 0.1) is 6.26 Å². The van der Waals surface area contributed by atoms with Crippen LogP contribution >= 0.6 is 11.8 Å². The van der Waals surface area contributed by atoms with Crippen molar-refractivity contribution < 1.29 is 91.1 Å². The number of aliphatic carboxylic acids is 1. The van der Waals surface area contributed by atoms with Crippen molar-refractivity contribution in [1.82, 2.24) is 10.2 Å². The Morgan fingerprint density at radius 2 is 2.23 bits per heavy atom. The second kappa shape index (κ2) is 10.5. The molecule has 4 N–H and O–H groups in total. The van der Waals surface area contributed by atoms with Crippen molar-refractivity contribution in [3.63, 3.8) is 0 Å². The summed E-state index contributed by atoms with van der Waals surface area (Å²) in [6.45, 7) is -0.347. The van der Waals surface area contributed by atoms with Gasteiger partial charge >= 0.3 is 63.4 Å². The van der Waals surface area contributed by atoms with Crippen LogP contribution in [-0.4, -0.2) is 70.5 Å². The number of rotatable bonds is 7. The number of nitrogens with two attached hydrogens (primary N) is 1. The number of carbonyl (C=O) groups is 4. The van der Waals surface area contributed by atoms with Crippen molar-refractivity contribution in [1.29, 1.82) is 0 Å². The summed E-state index contributed by atoms with van der Waals surface area (Å²) in [5.41, 5.74) is 4.68. The number of hydrogen-bond acceptors (Lipinski definition) is 9. The summed E-state index contributed by atoms with van der Waals surface area (Å²) >= 11 is 1.21. The molecule has 1 fully saturated rings.